The maximum absolute atomic E-state index is 12.4. The van der Waals surface area contributed by atoms with Gasteiger partial charge in [-0.3, -0.25) is 4.79 Å². The van der Waals surface area contributed by atoms with Crippen molar-refractivity contribution in [3.63, 3.8) is 0 Å². The van der Waals surface area contributed by atoms with Gasteiger partial charge in [-0.15, -0.1) is 0 Å². The molecule has 1 heterocycles. The van der Waals surface area contributed by atoms with Crippen LogP contribution in [-0.2, 0) is 9.53 Å². The van der Waals surface area contributed by atoms with E-state index in [1.54, 1.807) is 0 Å². The van der Waals surface area contributed by atoms with Gasteiger partial charge in [0.25, 0.3) is 0 Å². The predicted molar refractivity (Wildman–Crippen MR) is 79.7 cm³/mol. The lowest BCUT2D eigenvalue weighted by molar-refractivity contribution is -0.151. The standard InChI is InChI=1S/C17H23NO3/c19-15(14-6-2-1-3-7-14)12-16(20)18-10-11-21-17(13-18)8-4-5-9-17/h1-3,6-7,15,19H,4-5,8-13H2. The lowest BCUT2D eigenvalue weighted by atomic mass is 9.99. The SMILES string of the molecule is O=C(CC(O)c1ccccc1)N1CCOC2(CCCC2)C1. The van der Waals surface area contributed by atoms with Crippen LogP contribution in [0.5, 0.6) is 0 Å². The van der Waals surface area contributed by atoms with Crippen LogP contribution in [0.2, 0.25) is 0 Å². The van der Waals surface area contributed by atoms with Gasteiger partial charge in [-0.2, -0.15) is 0 Å². The Hall–Kier alpha value is -1.39. The van der Waals surface area contributed by atoms with Gasteiger partial charge < -0.3 is 14.7 Å². The van der Waals surface area contributed by atoms with Crippen molar-refractivity contribution in [2.45, 2.75) is 43.8 Å². The first-order chi connectivity index (χ1) is 10.2. The fourth-order valence-corrected chi connectivity index (χ4v) is 3.47. The van der Waals surface area contributed by atoms with Crippen molar-refractivity contribution >= 4 is 5.91 Å². The Morgan fingerprint density at radius 1 is 1.29 bits per heavy atom. The van der Waals surface area contributed by atoms with Crippen molar-refractivity contribution in [1.29, 1.82) is 0 Å². The van der Waals surface area contributed by atoms with Crippen LogP contribution in [0.25, 0.3) is 0 Å². The zero-order valence-electron chi connectivity index (χ0n) is 12.3. The molecule has 1 aromatic rings. The molecule has 0 radical (unpaired) electrons. The van der Waals surface area contributed by atoms with Gasteiger partial charge in [0.15, 0.2) is 0 Å². The van der Waals surface area contributed by atoms with Gasteiger partial charge in [-0.1, -0.05) is 43.2 Å². The second-order valence-corrected chi connectivity index (χ2v) is 6.18. The number of aliphatic hydroxyl groups is 1. The lowest BCUT2D eigenvalue weighted by Gasteiger charge is -2.40. The summed E-state index contributed by atoms with van der Waals surface area (Å²) in [7, 11) is 0. The maximum atomic E-state index is 12.4. The van der Waals surface area contributed by atoms with Gasteiger partial charge in [0.1, 0.15) is 0 Å². The van der Waals surface area contributed by atoms with Crippen LogP contribution in [0.3, 0.4) is 0 Å². The van der Waals surface area contributed by atoms with E-state index in [1.807, 2.05) is 35.2 Å². The highest BCUT2D eigenvalue weighted by molar-refractivity contribution is 5.77. The zero-order valence-corrected chi connectivity index (χ0v) is 12.3. The first-order valence-electron chi connectivity index (χ1n) is 7.83. The molecule has 1 N–H and O–H groups in total. The van der Waals surface area contributed by atoms with Crippen LogP contribution in [0.4, 0.5) is 0 Å². The Balaban J connectivity index is 1.60. The van der Waals surface area contributed by atoms with Gasteiger partial charge in [0.2, 0.25) is 5.91 Å². The Kier molecular flexibility index (Phi) is 4.27. The molecule has 114 valence electrons. The molecule has 4 heteroatoms. The summed E-state index contributed by atoms with van der Waals surface area (Å²) >= 11 is 0. The minimum Gasteiger partial charge on any atom is -0.388 e. The highest BCUT2D eigenvalue weighted by Gasteiger charge is 2.40. The van der Waals surface area contributed by atoms with Crippen molar-refractivity contribution in [3.8, 4) is 0 Å². The first kappa shape index (κ1) is 14.5. The van der Waals surface area contributed by atoms with Crippen LogP contribution in [-0.4, -0.2) is 41.2 Å². The molecule has 2 fully saturated rings. The van der Waals surface area contributed by atoms with Crippen molar-refractivity contribution in [2.24, 2.45) is 0 Å². The van der Waals surface area contributed by atoms with Crippen LogP contribution in [0.15, 0.2) is 30.3 Å². The number of morpholine rings is 1. The maximum Gasteiger partial charge on any atom is 0.225 e. The molecule has 1 atom stereocenters. The number of amides is 1. The molecule has 3 rings (SSSR count). The fourth-order valence-electron chi connectivity index (χ4n) is 3.47. The van der Waals surface area contributed by atoms with Gasteiger partial charge in [0.05, 0.1) is 24.7 Å². The summed E-state index contributed by atoms with van der Waals surface area (Å²) in [5.41, 5.74) is 0.695. The van der Waals surface area contributed by atoms with Crippen LogP contribution in [0, 0.1) is 0 Å². The summed E-state index contributed by atoms with van der Waals surface area (Å²) in [6, 6.07) is 9.38. The van der Waals surface area contributed by atoms with E-state index in [1.165, 1.54) is 12.8 Å². The second-order valence-electron chi connectivity index (χ2n) is 6.18. The van der Waals surface area contributed by atoms with E-state index in [2.05, 4.69) is 0 Å². The van der Waals surface area contributed by atoms with E-state index < -0.39 is 6.10 Å². The monoisotopic (exact) mass is 289 g/mol. The van der Waals surface area contributed by atoms with E-state index >= 15 is 0 Å². The number of rotatable bonds is 3. The smallest absolute Gasteiger partial charge is 0.225 e. The number of benzene rings is 1. The molecule has 1 unspecified atom stereocenters. The summed E-state index contributed by atoms with van der Waals surface area (Å²) < 4.78 is 5.94. The van der Waals surface area contributed by atoms with Gasteiger partial charge >= 0.3 is 0 Å². The van der Waals surface area contributed by atoms with E-state index in [0.29, 0.717) is 19.7 Å². The Morgan fingerprint density at radius 3 is 2.71 bits per heavy atom. The molecule has 1 aliphatic carbocycles. The quantitative estimate of drug-likeness (QED) is 0.928. The van der Waals surface area contributed by atoms with Crippen LogP contribution >= 0.6 is 0 Å². The topological polar surface area (TPSA) is 49.8 Å². The zero-order chi connectivity index (χ0) is 14.7. The molecule has 1 saturated carbocycles. The largest absolute Gasteiger partial charge is 0.388 e. The van der Waals surface area contributed by atoms with Crippen molar-refractivity contribution < 1.29 is 14.6 Å². The number of carbonyl (C=O) groups excluding carboxylic acids is 1. The van der Waals surface area contributed by atoms with Crippen molar-refractivity contribution in [3.05, 3.63) is 35.9 Å². The number of ether oxygens (including phenoxy) is 1. The molecule has 1 spiro atoms. The van der Waals surface area contributed by atoms with E-state index in [0.717, 1.165) is 18.4 Å². The van der Waals surface area contributed by atoms with Crippen LogP contribution in [0.1, 0.15) is 43.8 Å². The fraction of sp³-hybridized carbons (Fsp3) is 0.588. The minimum atomic E-state index is -0.721. The molecule has 1 amide bonds. The molecular formula is C17H23NO3. The number of hydrogen-bond acceptors (Lipinski definition) is 3. The first-order valence-corrected chi connectivity index (χ1v) is 7.83. The van der Waals surface area contributed by atoms with Crippen molar-refractivity contribution in [2.75, 3.05) is 19.7 Å². The Morgan fingerprint density at radius 2 is 2.00 bits per heavy atom. The summed E-state index contributed by atoms with van der Waals surface area (Å²) in [4.78, 5) is 14.3. The minimum absolute atomic E-state index is 0.0286. The van der Waals surface area contributed by atoms with Gasteiger partial charge in [-0.25, -0.2) is 0 Å². The molecule has 4 nitrogen and oxygen atoms in total. The number of nitrogens with zero attached hydrogens (tertiary/aromatic N) is 1. The third-order valence-corrected chi connectivity index (χ3v) is 4.67. The van der Waals surface area contributed by atoms with E-state index in [-0.39, 0.29) is 17.9 Å². The second kappa shape index (κ2) is 6.16. The molecule has 2 aliphatic rings. The normalized spacial score (nSPS) is 22.4. The highest BCUT2D eigenvalue weighted by atomic mass is 16.5. The summed E-state index contributed by atoms with van der Waals surface area (Å²) in [5, 5.41) is 10.2. The van der Waals surface area contributed by atoms with Crippen LogP contribution < -0.4 is 0 Å². The van der Waals surface area contributed by atoms with E-state index in [9.17, 15) is 9.90 Å². The average Bonchev–Trinajstić information content (AvgIpc) is 2.96. The van der Waals surface area contributed by atoms with Gasteiger partial charge in [-0.05, 0) is 18.4 Å². The average molecular weight is 289 g/mol. The lowest BCUT2D eigenvalue weighted by Crippen LogP contribution is -2.52. The summed E-state index contributed by atoms with van der Waals surface area (Å²) in [6.07, 6.45) is 3.92. The number of carbonyl (C=O) groups is 1. The molecule has 1 aliphatic heterocycles. The molecule has 0 bridgehead atoms. The number of hydrogen-bond donors (Lipinski definition) is 1. The Bertz CT molecular complexity index is 482. The highest BCUT2D eigenvalue weighted by Crippen LogP contribution is 2.36. The third kappa shape index (κ3) is 3.27. The molecule has 0 aromatic heterocycles. The Labute approximate surface area is 125 Å². The molecule has 1 aromatic carbocycles. The third-order valence-electron chi connectivity index (χ3n) is 4.67. The molecule has 1 saturated heterocycles. The summed E-state index contributed by atoms with van der Waals surface area (Å²) in [6.45, 7) is 1.95. The molecular weight excluding hydrogens is 266 g/mol. The van der Waals surface area contributed by atoms with E-state index in [4.69, 9.17) is 4.74 Å². The summed E-state index contributed by atoms with van der Waals surface area (Å²) in [5.74, 6) is 0.0286. The van der Waals surface area contributed by atoms with Crippen molar-refractivity contribution in [1.82, 2.24) is 4.90 Å². The number of aliphatic hydroxyl groups excluding tert-OH is 1. The van der Waals surface area contributed by atoms with Gasteiger partial charge in [0, 0.05) is 13.1 Å². The molecule has 21 heavy (non-hydrogen) atoms. The predicted octanol–water partition coefficient (Wildman–Crippen LogP) is 2.28.